The summed E-state index contributed by atoms with van der Waals surface area (Å²) >= 11 is 1.20. The number of tetrazole rings is 1. The van der Waals surface area contributed by atoms with E-state index in [1.807, 2.05) is 6.07 Å². The van der Waals surface area contributed by atoms with Crippen molar-refractivity contribution in [2.24, 2.45) is 12.8 Å². The lowest BCUT2D eigenvalue weighted by molar-refractivity contribution is -0.142. The number of aliphatic carboxylic acids is 1. The zero-order valence-electron chi connectivity index (χ0n) is 10.2. The van der Waals surface area contributed by atoms with E-state index in [1.54, 1.807) is 31.3 Å². The number of rotatable bonds is 5. The average molecular weight is 279 g/mol. The third-order valence-corrected chi connectivity index (χ3v) is 3.88. The zero-order valence-corrected chi connectivity index (χ0v) is 11.0. The molecule has 19 heavy (non-hydrogen) atoms. The van der Waals surface area contributed by atoms with E-state index in [2.05, 4.69) is 15.5 Å². The van der Waals surface area contributed by atoms with Gasteiger partial charge in [0.15, 0.2) is 0 Å². The molecule has 2 aromatic rings. The van der Waals surface area contributed by atoms with Crippen molar-refractivity contribution in [3.8, 4) is 0 Å². The average Bonchev–Trinajstić information content (AvgIpc) is 2.82. The van der Waals surface area contributed by atoms with Crippen molar-refractivity contribution in [3.63, 3.8) is 0 Å². The van der Waals surface area contributed by atoms with Gasteiger partial charge in [-0.2, -0.15) is 0 Å². The summed E-state index contributed by atoms with van der Waals surface area (Å²) in [6.07, 6.45) is 0. The number of hydrogen-bond acceptors (Lipinski definition) is 6. The van der Waals surface area contributed by atoms with E-state index < -0.39 is 11.5 Å². The minimum Gasteiger partial charge on any atom is -0.480 e. The maximum absolute atomic E-state index is 11.5. The number of aromatic nitrogens is 4. The van der Waals surface area contributed by atoms with Crippen molar-refractivity contribution in [3.05, 3.63) is 35.9 Å². The molecule has 0 aliphatic carbocycles. The first-order chi connectivity index (χ1) is 9.04. The molecule has 0 saturated carbocycles. The van der Waals surface area contributed by atoms with Gasteiger partial charge in [-0.15, -0.1) is 5.10 Å². The normalized spacial score (nSPS) is 14.0. The zero-order chi connectivity index (χ0) is 13.9. The van der Waals surface area contributed by atoms with E-state index >= 15 is 0 Å². The molecule has 1 aromatic heterocycles. The van der Waals surface area contributed by atoms with Crippen molar-refractivity contribution in [2.45, 2.75) is 10.7 Å². The third-order valence-electron chi connectivity index (χ3n) is 2.68. The van der Waals surface area contributed by atoms with Gasteiger partial charge in [-0.1, -0.05) is 42.1 Å². The summed E-state index contributed by atoms with van der Waals surface area (Å²) in [5.41, 5.74) is 5.10. The molecule has 0 aliphatic heterocycles. The number of aryl methyl sites for hydroxylation is 1. The standard InChI is InChI=1S/C11H13N5O2S/c1-16-10(13-14-15-16)19-7-11(12,9(17)18)8-5-3-2-4-6-8/h2-6H,7,12H2,1H3,(H,17,18). The van der Waals surface area contributed by atoms with Crippen LogP contribution in [0.1, 0.15) is 5.56 Å². The number of carboxylic acids is 1. The first-order valence-electron chi connectivity index (χ1n) is 5.47. The van der Waals surface area contributed by atoms with Gasteiger partial charge in [-0.05, 0) is 16.0 Å². The van der Waals surface area contributed by atoms with Gasteiger partial charge in [0, 0.05) is 12.8 Å². The van der Waals surface area contributed by atoms with Gasteiger partial charge < -0.3 is 10.8 Å². The Bertz CT molecular complexity index is 573. The van der Waals surface area contributed by atoms with E-state index in [0.29, 0.717) is 10.7 Å². The predicted molar refractivity (Wildman–Crippen MR) is 69.5 cm³/mol. The molecular formula is C11H13N5O2S. The number of carbonyl (C=O) groups is 1. The van der Waals surface area contributed by atoms with Crippen molar-refractivity contribution in [2.75, 3.05) is 5.75 Å². The van der Waals surface area contributed by atoms with Crippen LogP contribution in [0.5, 0.6) is 0 Å². The van der Waals surface area contributed by atoms with Crippen molar-refractivity contribution in [1.82, 2.24) is 20.2 Å². The van der Waals surface area contributed by atoms with Gasteiger partial charge >= 0.3 is 5.97 Å². The highest BCUT2D eigenvalue weighted by Crippen LogP contribution is 2.26. The van der Waals surface area contributed by atoms with Crippen LogP contribution < -0.4 is 5.73 Å². The second-order valence-electron chi connectivity index (χ2n) is 4.02. The fourth-order valence-electron chi connectivity index (χ4n) is 1.53. The van der Waals surface area contributed by atoms with E-state index in [0.717, 1.165) is 0 Å². The minimum atomic E-state index is -1.47. The molecule has 0 spiro atoms. The third kappa shape index (κ3) is 2.74. The second-order valence-corrected chi connectivity index (χ2v) is 4.96. The molecule has 7 nitrogen and oxygen atoms in total. The number of benzene rings is 1. The SMILES string of the molecule is Cn1nnnc1SCC(N)(C(=O)O)c1ccccc1. The first kappa shape index (κ1) is 13.5. The van der Waals surface area contributed by atoms with Crippen molar-refractivity contribution < 1.29 is 9.90 Å². The van der Waals surface area contributed by atoms with Crippen molar-refractivity contribution >= 4 is 17.7 Å². The van der Waals surface area contributed by atoms with Crippen LogP contribution in [0, 0.1) is 0 Å². The molecule has 1 unspecified atom stereocenters. The Balaban J connectivity index is 2.22. The molecule has 0 aliphatic rings. The molecule has 8 heteroatoms. The number of nitrogens with zero attached hydrogens (tertiary/aromatic N) is 4. The second kappa shape index (κ2) is 5.37. The molecule has 0 fully saturated rings. The molecule has 1 atom stereocenters. The molecule has 0 bridgehead atoms. The fourth-order valence-corrected chi connectivity index (χ4v) is 2.49. The molecular weight excluding hydrogens is 266 g/mol. The number of nitrogens with two attached hydrogens (primary N) is 1. The van der Waals surface area contributed by atoms with Gasteiger partial charge in [0.05, 0.1) is 0 Å². The Kier molecular flexibility index (Phi) is 3.82. The van der Waals surface area contributed by atoms with Crippen LogP contribution in [0.4, 0.5) is 0 Å². The molecule has 3 N–H and O–H groups in total. The molecule has 2 rings (SSSR count). The summed E-state index contributed by atoms with van der Waals surface area (Å²) in [6.45, 7) is 0. The number of carboxylic acid groups (broad SMARTS) is 1. The Morgan fingerprint density at radius 3 is 2.68 bits per heavy atom. The van der Waals surface area contributed by atoms with Gasteiger partial charge in [0.1, 0.15) is 5.54 Å². The molecule has 1 aromatic carbocycles. The monoisotopic (exact) mass is 279 g/mol. The number of thioether (sulfide) groups is 1. The smallest absolute Gasteiger partial charge is 0.329 e. The molecule has 0 saturated heterocycles. The lowest BCUT2D eigenvalue weighted by atomic mass is 9.93. The fraction of sp³-hybridized carbons (Fsp3) is 0.273. The van der Waals surface area contributed by atoms with Crippen LogP contribution in [-0.2, 0) is 17.4 Å². The highest BCUT2D eigenvalue weighted by atomic mass is 32.2. The van der Waals surface area contributed by atoms with E-state index in [4.69, 9.17) is 5.73 Å². The minimum absolute atomic E-state index is 0.139. The van der Waals surface area contributed by atoms with Gasteiger partial charge in [0.2, 0.25) is 5.16 Å². The Morgan fingerprint density at radius 2 is 2.16 bits per heavy atom. The van der Waals surface area contributed by atoms with Crippen LogP contribution in [0.2, 0.25) is 0 Å². The van der Waals surface area contributed by atoms with Crippen LogP contribution >= 0.6 is 11.8 Å². The Morgan fingerprint density at radius 1 is 1.47 bits per heavy atom. The van der Waals surface area contributed by atoms with E-state index in [9.17, 15) is 9.90 Å². The summed E-state index contributed by atoms with van der Waals surface area (Å²) in [7, 11) is 1.68. The Hall–Kier alpha value is -1.93. The highest BCUT2D eigenvalue weighted by Gasteiger charge is 2.36. The van der Waals surface area contributed by atoms with Crippen molar-refractivity contribution in [1.29, 1.82) is 0 Å². The molecule has 0 amide bonds. The lowest BCUT2D eigenvalue weighted by Crippen LogP contribution is -2.47. The van der Waals surface area contributed by atoms with Gasteiger partial charge in [0.25, 0.3) is 0 Å². The highest BCUT2D eigenvalue weighted by molar-refractivity contribution is 7.99. The predicted octanol–water partition coefficient (Wildman–Crippen LogP) is 0.241. The largest absolute Gasteiger partial charge is 0.480 e. The van der Waals surface area contributed by atoms with Crippen LogP contribution in [-0.4, -0.2) is 37.0 Å². The summed E-state index contributed by atoms with van der Waals surface area (Å²) in [5, 5.41) is 20.9. The molecule has 0 radical (unpaired) electrons. The summed E-state index contributed by atoms with van der Waals surface area (Å²) in [5.74, 6) is -0.943. The van der Waals surface area contributed by atoms with Crippen LogP contribution in [0.15, 0.2) is 35.5 Å². The maximum Gasteiger partial charge on any atom is 0.329 e. The summed E-state index contributed by atoms with van der Waals surface area (Å²) in [6, 6.07) is 8.72. The Labute approximate surface area is 113 Å². The van der Waals surface area contributed by atoms with Gasteiger partial charge in [-0.3, -0.25) is 0 Å². The molecule has 1 heterocycles. The number of hydrogen-bond donors (Lipinski definition) is 2. The van der Waals surface area contributed by atoms with Gasteiger partial charge in [-0.25, -0.2) is 9.48 Å². The quantitative estimate of drug-likeness (QED) is 0.755. The summed E-state index contributed by atoms with van der Waals surface area (Å²) < 4.78 is 1.47. The molecule has 100 valence electrons. The van der Waals surface area contributed by atoms with Crippen LogP contribution in [0.25, 0.3) is 0 Å². The van der Waals surface area contributed by atoms with E-state index in [1.165, 1.54) is 16.4 Å². The summed E-state index contributed by atoms with van der Waals surface area (Å²) in [4.78, 5) is 11.5. The maximum atomic E-state index is 11.5. The van der Waals surface area contributed by atoms with Crippen LogP contribution in [0.3, 0.4) is 0 Å². The van der Waals surface area contributed by atoms with E-state index in [-0.39, 0.29) is 5.75 Å². The lowest BCUT2D eigenvalue weighted by Gasteiger charge is -2.24. The topological polar surface area (TPSA) is 107 Å². The first-order valence-corrected chi connectivity index (χ1v) is 6.45.